The van der Waals surface area contributed by atoms with Crippen LogP contribution in [0.5, 0.6) is 17.2 Å². The van der Waals surface area contributed by atoms with Crippen molar-refractivity contribution in [3.8, 4) is 17.2 Å². The molecule has 26 heavy (non-hydrogen) atoms. The van der Waals surface area contributed by atoms with Crippen LogP contribution in [-0.4, -0.2) is 49.8 Å². The van der Waals surface area contributed by atoms with Gasteiger partial charge in [-0.15, -0.1) is 0 Å². The topological polar surface area (TPSA) is 137 Å². The van der Waals surface area contributed by atoms with Gasteiger partial charge >= 0.3 is 5.97 Å². The van der Waals surface area contributed by atoms with Crippen LogP contribution < -0.4 is 25.3 Å². The van der Waals surface area contributed by atoms with Crippen molar-refractivity contribution in [2.75, 3.05) is 20.8 Å². The summed E-state index contributed by atoms with van der Waals surface area (Å²) < 4.78 is 15.6. The molecule has 0 aliphatic rings. The van der Waals surface area contributed by atoms with Crippen LogP contribution >= 0.6 is 0 Å². The molecule has 0 saturated heterocycles. The zero-order valence-corrected chi connectivity index (χ0v) is 15.2. The highest BCUT2D eigenvalue weighted by molar-refractivity contribution is 5.97. The number of aliphatic carboxylic acids is 1. The van der Waals surface area contributed by atoms with Gasteiger partial charge in [0.25, 0.3) is 11.8 Å². The van der Waals surface area contributed by atoms with Gasteiger partial charge in [-0.1, -0.05) is 13.8 Å². The van der Waals surface area contributed by atoms with Gasteiger partial charge in [0.05, 0.1) is 14.2 Å². The monoisotopic (exact) mass is 368 g/mol. The van der Waals surface area contributed by atoms with Gasteiger partial charge in [-0.05, 0) is 24.5 Å². The molecule has 2 amide bonds. The number of ether oxygens (including phenoxy) is 3. The molecule has 1 rings (SSSR count). The van der Waals surface area contributed by atoms with Crippen LogP contribution in [0, 0.1) is 5.92 Å². The zero-order chi connectivity index (χ0) is 19.9. The predicted octanol–water partition coefficient (Wildman–Crippen LogP) is 0.797. The average molecular weight is 368 g/mol. The minimum absolute atomic E-state index is 0.0880. The number of carboxylic acid groups (broad SMARTS) is 1. The standard InChI is InChI=1S/C17H24N2O7/c1-9(2)5-11(17(22)23)19-16(21)10-6-12(24-3)15(13(7-10)25-4)26-8-14(18)20/h6-7,9,11H,5,8H2,1-4H3,(H2,18,20)(H,19,21)(H,22,23)/t11-/m1/s1. The number of methoxy groups -OCH3 is 2. The van der Waals surface area contributed by atoms with Crippen molar-refractivity contribution in [3.05, 3.63) is 17.7 Å². The summed E-state index contributed by atoms with van der Waals surface area (Å²) in [6, 6.07) is 1.70. The highest BCUT2D eigenvalue weighted by Crippen LogP contribution is 2.38. The Morgan fingerprint density at radius 3 is 2.08 bits per heavy atom. The zero-order valence-electron chi connectivity index (χ0n) is 15.2. The minimum atomic E-state index is -1.12. The van der Waals surface area contributed by atoms with Gasteiger partial charge in [0.2, 0.25) is 5.75 Å². The normalized spacial score (nSPS) is 11.6. The number of nitrogens with one attached hydrogen (secondary N) is 1. The molecular formula is C17H24N2O7. The second-order valence-electron chi connectivity index (χ2n) is 5.96. The van der Waals surface area contributed by atoms with Crippen molar-refractivity contribution in [1.82, 2.24) is 5.32 Å². The second-order valence-corrected chi connectivity index (χ2v) is 5.96. The summed E-state index contributed by atoms with van der Waals surface area (Å²) >= 11 is 0. The highest BCUT2D eigenvalue weighted by atomic mass is 16.5. The molecule has 1 aromatic rings. The van der Waals surface area contributed by atoms with Gasteiger partial charge < -0.3 is 30.4 Å². The first kappa shape index (κ1) is 21.1. The molecule has 1 atom stereocenters. The molecule has 0 spiro atoms. The van der Waals surface area contributed by atoms with Gasteiger partial charge in [0.15, 0.2) is 18.1 Å². The second kappa shape index (κ2) is 9.50. The lowest BCUT2D eigenvalue weighted by Crippen LogP contribution is -2.41. The minimum Gasteiger partial charge on any atom is -0.493 e. The van der Waals surface area contributed by atoms with Crippen LogP contribution in [0.15, 0.2) is 12.1 Å². The van der Waals surface area contributed by atoms with Gasteiger partial charge in [0.1, 0.15) is 6.04 Å². The molecular weight excluding hydrogens is 344 g/mol. The first-order valence-electron chi connectivity index (χ1n) is 7.90. The SMILES string of the molecule is COc1cc(C(=O)N[C@H](CC(C)C)C(=O)O)cc(OC)c1OCC(N)=O. The van der Waals surface area contributed by atoms with Crippen LogP contribution in [-0.2, 0) is 9.59 Å². The Hall–Kier alpha value is -2.97. The summed E-state index contributed by atoms with van der Waals surface area (Å²) in [6.45, 7) is 3.33. The molecule has 0 aromatic heterocycles. The predicted molar refractivity (Wildman–Crippen MR) is 92.6 cm³/mol. The lowest BCUT2D eigenvalue weighted by Gasteiger charge is -2.18. The van der Waals surface area contributed by atoms with Crippen molar-refractivity contribution in [3.63, 3.8) is 0 Å². The van der Waals surface area contributed by atoms with Crippen LogP contribution in [0.25, 0.3) is 0 Å². The first-order chi connectivity index (χ1) is 12.2. The quantitative estimate of drug-likeness (QED) is 0.555. The molecule has 0 heterocycles. The van der Waals surface area contributed by atoms with E-state index in [9.17, 15) is 19.5 Å². The van der Waals surface area contributed by atoms with Gasteiger partial charge in [0, 0.05) is 5.56 Å². The number of nitrogens with two attached hydrogens (primary N) is 1. The number of carbonyl (C=O) groups is 3. The Morgan fingerprint density at radius 1 is 1.15 bits per heavy atom. The molecule has 0 aliphatic carbocycles. The lowest BCUT2D eigenvalue weighted by molar-refractivity contribution is -0.139. The molecule has 0 radical (unpaired) electrons. The molecule has 0 bridgehead atoms. The van der Waals surface area contributed by atoms with E-state index in [1.54, 1.807) is 0 Å². The third-order valence-electron chi connectivity index (χ3n) is 3.39. The van der Waals surface area contributed by atoms with E-state index in [0.29, 0.717) is 0 Å². The molecule has 144 valence electrons. The number of rotatable bonds is 10. The Balaban J connectivity index is 3.13. The van der Waals surface area contributed by atoms with Gasteiger partial charge in [-0.25, -0.2) is 4.79 Å². The van der Waals surface area contributed by atoms with E-state index >= 15 is 0 Å². The molecule has 4 N–H and O–H groups in total. The molecule has 0 unspecified atom stereocenters. The summed E-state index contributed by atoms with van der Waals surface area (Å²) in [7, 11) is 2.71. The smallest absolute Gasteiger partial charge is 0.326 e. The molecule has 9 heteroatoms. The van der Waals surface area contributed by atoms with Crippen LogP contribution in [0.4, 0.5) is 0 Å². The van der Waals surface area contributed by atoms with E-state index in [-0.39, 0.29) is 35.2 Å². The number of carbonyl (C=O) groups excluding carboxylic acids is 2. The van der Waals surface area contributed by atoms with Crippen molar-refractivity contribution in [2.45, 2.75) is 26.3 Å². The number of hydrogen-bond acceptors (Lipinski definition) is 6. The fourth-order valence-electron chi connectivity index (χ4n) is 2.23. The Morgan fingerprint density at radius 2 is 1.69 bits per heavy atom. The van der Waals surface area contributed by atoms with E-state index in [4.69, 9.17) is 19.9 Å². The summed E-state index contributed by atoms with van der Waals surface area (Å²) in [5, 5.41) is 11.7. The molecule has 0 aliphatic heterocycles. The Kier molecular flexibility index (Phi) is 7.70. The van der Waals surface area contributed by atoms with Crippen molar-refractivity contribution in [1.29, 1.82) is 0 Å². The Labute approximate surface area is 151 Å². The largest absolute Gasteiger partial charge is 0.493 e. The highest BCUT2D eigenvalue weighted by Gasteiger charge is 2.24. The molecule has 9 nitrogen and oxygen atoms in total. The van der Waals surface area contributed by atoms with Crippen molar-refractivity contribution < 1.29 is 33.7 Å². The molecule has 1 aromatic carbocycles. The van der Waals surface area contributed by atoms with E-state index in [2.05, 4.69) is 5.32 Å². The summed E-state index contributed by atoms with van der Waals surface area (Å²) in [6.07, 6.45) is 0.287. The summed E-state index contributed by atoms with van der Waals surface area (Å²) in [5.41, 5.74) is 5.18. The third-order valence-corrected chi connectivity index (χ3v) is 3.39. The van der Waals surface area contributed by atoms with E-state index < -0.39 is 30.4 Å². The number of carboxylic acids is 1. The first-order valence-corrected chi connectivity index (χ1v) is 7.90. The van der Waals surface area contributed by atoms with E-state index in [1.165, 1.54) is 26.4 Å². The number of amides is 2. The van der Waals surface area contributed by atoms with E-state index in [1.807, 2.05) is 13.8 Å². The summed E-state index contributed by atoms with van der Waals surface area (Å²) in [5.74, 6) is -1.91. The van der Waals surface area contributed by atoms with Crippen molar-refractivity contribution in [2.24, 2.45) is 11.7 Å². The average Bonchev–Trinajstić information content (AvgIpc) is 2.57. The number of benzene rings is 1. The maximum Gasteiger partial charge on any atom is 0.326 e. The number of primary amides is 1. The van der Waals surface area contributed by atoms with E-state index in [0.717, 1.165) is 0 Å². The van der Waals surface area contributed by atoms with Gasteiger partial charge in [-0.3, -0.25) is 9.59 Å². The van der Waals surface area contributed by atoms with Gasteiger partial charge in [-0.2, -0.15) is 0 Å². The maximum atomic E-state index is 12.5. The Bertz CT molecular complexity index is 648. The van der Waals surface area contributed by atoms with Crippen molar-refractivity contribution >= 4 is 17.8 Å². The third kappa shape index (κ3) is 5.83. The summed E-state index contributed by atoms with van der Waals surface area (Å²) in [4.78, 5) is 34.7. The van der Waals surface area contributed by atoms with Crippen LogP contribution in [0.1, 0.15) is 30.6 Å². The molecule has 0 fully saturated rings. The molecule has 0 saturated carbocycles. The lowest BCUT2D eigenvalue weighted by atomic mass is 10.0. The maximum absolute atomic E-state index is 12.5. The number of hydrogen-bond donors (Lipinski definition) is 3. The van der Waals surface area contributed by atoms with Crippen LogP contribution in [0.2, 0.25) is 0 Å². The van der Waals surface area contributed by atoms with Crippen LogP contribution in [0.3, 0.4) is 0 Å². The fourth-order valence-corrected chi connectivity index (χ4v) is 2.23. The fraction of sp³-hybridized carbons (Fsp3) is 0.471.